The molecule has 1 saturated heterocycles. The van der Waals surface area contributed by atoms with Gasteiger partial charge in [-0.1, -0.05) is 20.8 Å². The third-order valence-corrected chi connectivity index (χ3v) is 5.28. The second-order valence-corrected chi connectivity index (χ2v) is 7.46. The smallest absolute Gasteiger partial charge is 0.0255 e. The number of hydrogen-bond donors (Lipinski definition) is 1. The summed E-state index contributed by atoms with van der Waals surface area (Å²) in [6, 6.07) is 2.13. The standard InChI is InChI=1S/C16H33N3/c1-6-17-14-7-8-16(3,4)11-15(14)19-10-9-18(5)13(2)12-19/h13-15,17H,6-12H2,1-5H3. The third-order valence-electron chi connectivity index (χ3n) is 5.28. The zero-order valence-electron chi connectivity index (χ0n) is 13.6. The van der Waals surface area contributed by atoms with Crippen LogP contribution in [0.15, 0.2) is 0 Å². The Labute approximate surface area is 119 Å². The van der Waals surface area contributed by atoms with Gasteiger partial charge in [-0.2, -0.15) is 0 Å². The first-order valence-electron chi connectivity index (χ1n) is 8.10. The highest BCUT2D eigenvalue weighted by Gasteiger charge is 2.39. The maximum Gasteiger partial charge on any atom is 0.0255 e. The fourth-order valence-corrected chi connectivity index (χ4v) is 3.81. The van der Waals surface area contributed by atoms with E-state index in [9.17, 15) is 0 Å². The summed E-state index contributed by atoms with van der Waals surface area (Å²) in [6.07, 6.45) is 4.05. The van der Waals surface area contributed by atoms with E-state index in [2.05, 4.69) is 49.9 Å². The van der Waals surface area contributed by atoms with Gasteiger partial charge in [0.1, 0.15) is 0 Å². The second-order valence-electron chi connectivity index (χ2n) is 7.46. The second kappa shape index (κ2) is 6.11. The molecule has 1 aliphatic heterocycles. The van der Waals surface area contributed by atoms with Gasteiger partial charge in [-0.25, -0.2) is 0 Å². The molecule has 0 aromatic rings. The summed E-state index contributed by atoms with van der Waals surface area (Å²) in [5, 5.41) is 3.74. The Kier molecular flexibility index (Phi) is 4.91. The number of nitrogens with zero attached hydrogens (tertiary/aromatic N) is 2. The minimum atomic E-state index is 0.517. The molecule has 2 rings (SSSR count). The molecular formula is C16H33N3. The molecule has 0 spiro atoms. The highest BCUT2D eigenvalue weighted by atomic mass is 15.3. The average molecular weight is 267 g/mol. The molecule has 3 nitrogen and oxygen atoms in total. The van der Waals surface area contributed by atoms with E-state index in [0.29, 0.717) is 17.5 Å². The number of likely N-dealkylation sites (N-methyl/N-ethyl adjacent to an activating group) is 2. The minimum absolute atomic E-state index is 0.517. The van der Waals surface area contributed by atoms with Crippen LogP contribution in [-0.4, -0.2) is 61.2 Å². The van der Waals surface area contributed by atoms with Crippen molar-refractivity contribution in [2.75, 3.05) is 33.2 Å². The van der Waals surface area contributed by atoms with Crippen LogP contribution in [0.1, 0.15) is 47.0 Å². The maximum atomic E-state index is 3.74. The van der Waals surface area contributed by atoms with E-state index in [-0.39, 0.29) is 0 Å². The van der Waals surface area contributed by atoms with E-state index in [1.807, 2.05) is 0 Å². The molecule has 0 aromatic carbocycles. The predicted octanol–water partition coefficient (Wildman–Crippen LogP) is 2.18. The first kappa shape index (κ1) is 15.3. The van der Waals surface area contributed by atoms with Crippen molar-refractivity contribution in [2.24, 2.45) is 5.41 Å². The zero-order valence-corrected chi connectivity index (χ0v) is 13.6. The lowest BCUT2D eigenvalue weighted by Crippen LogP contribution is -2.60. The lowest BCUT2D eigenvalue weighted by Gasteiger charge is -2.49. The lowest BCUT2D eigenvalue weighted by atomic mass is 9.72. The van der Waals surface area contributed by atoms with Crippen LogP contribution in [0.3, 0.4) is 0 Å². The van der Waals surface area contributed by atoms with Gasteiger partial charge in [0.25, 0.3) is 0 Å². The topological polar surface area (TPSA) is 18.5 Å². The third kappa shape index (κ3) is 3.71. The van der Waals surface area contributed by atoms with Crippen molar-refractivity contribution in [2.45, 2.75) is 65.1 Å². The van der Waals surface area contributed by atoms with Gasteiger partial charge in [-0.15, -0.1) is 0 Å². The Morgan fingerprint density at radius 3 is 2.63 bits per heavy atom. The lowest BCUT2D eigenvalue weighted by molar-refractivity contribution is 0.0156. The molecule has 112 valence electrons. The molecule has 2 aliphatic rings. The van der Waals surface area contributed by atoms with E-state index in [1.165, 1.54) is 38.9 Å². The van der Waals surface area contributed by atoms with E-state index in [1.54, 1.807) is 0 Å². The molecule has 1 heterocycles. The van der Waals surface area contributed by atoms with Crippen LogP contribution in [0.5, 0.6) is 0 Å². The van der Waals surface area contributed by atoms with Crippen molar-refractivity contribution in [1.29, 1.82) is 0 Å². The van der Waals surface area contributed by atoms with Crippen LogP contribution in [0.2, 0.25) is 0 Å². The summed E-state index contributed by atoms with van der Waals surface area (Å²) in [5.74, 6) is 0. The number of piperazine rings is 1. The summed E-state index contributed by atoms with van der Waals surface area (Å²) in [4.78, 5) is 5.26. The quantitative estimate of drug-likeness (QED) is 0.845. The van der Waals surface area contributed by atoms with Gasteiger partial charge in [0.15, 0.2) is 0 Å². The van der Waals surface area contributed by atoms with Crippen LogP contribution < -0.4 is 5.32 Å². The van der Waals surface area contributed by atoms with Crippen molar-refractivity contribution < 1.29 is 0 Å². The monoisotopic (exact) mass is 267 g/mol. The average Bonchev–Trinajstić information content (AvgIpc) is 2.35. The molecule has 3 unspecified atom stereocenters. The van der Waals surface area contributed by atoms with E-state index in [4.69, 9.17) is 0 Å². The fraction of sp³-hybridized carbons (Fsp3) is 1.00. The van der Waals surface area contributed by atoms with Gasteiger partial charge in [0.05, 0.1) is 0 Å². The Morgan fingerprint density at radius 1 is 1.26 bits per heavy atom. The Hall–Kier alpha value is -0.120. The molecule has 3 atom stereocenters. The predicted molar refractivity (Wildman–Crippen MR) is 82.5 cm³/mol. The van der Waals surface area contributed by atoms with Gasteiger partial charge < -0.3 is 10.2 Å². The van der Waals surface area contributed by atoms with Crippen LogP contribution in [0.4, 0.5) is 0 Å². The Morgan fingerprint density at radius 2 is 2.00 bits per heavy atom. The highest BCUT2D eigenvalue weighted by molar-refractivity contribution is 4.96. The Balaban J connectivity index is 2.04. The fourth-order valence-electron chi connectivity index (χ4n) is 3.81. The molecule has 0 amide bonds. The van der Waals surface area contributed by atoms with Gasteiger partial charge in [-0.3, -0.25) is 4.90 Å². The summed E-state index contributed by atoms with van der Waals surface area (Å²) >= 11 is 0. The molecule has 2 fully saturated rings. The van der Waals surface area contributed by atoms with Crippen LogP contribution in [0.25, 0.3) is 0 Å². The first-order valence-corrected chi connectivity index (χ1v) is 8.10. The van der Waals surface area contributed by atoms with Crippen molar-refractivity contribution in [3.63, 3.8) is 0 Å². The summed E-state index contributed by atoms with van der Waals surface area (Å²) in [5.41, 5.74) is 0.517. The van der Waals surface area contributed by atoms with Crippen LogP contribution in [-0.2, 0) is 0 Å². The molecule has 3 heteroatoms. The number of rotatable bonds is 3. The summed E-state index contributed by atoms with van der Waals surface area (Å²) in [7, 11) is 2.26. The SMILES string of the molecule is CCNC1CCC(C)(C)CC1N1CCN(C)C(C)C1. The molecule has 1 N–H and O–H groups in total. The molecular weight excluding hydrogens is 234 g/mol. The molecule has 0 bridgehead atoms. The Bertz CT molecular complexity index is 290. The largest absolute Gasteiger partial charge is 0.313 e. The van der Waals surface area contributed by atoms with Gasteiger partial charge in [0, 0.05) is 37.8 Å². The van der Waals surface area contributed by atoms with Crippen molar-refractivity contribution >= 4 is 0 Å². The van der Waals surface area contributed by atoms with Crippen LogP contribution in [0, 0.1) is 5.41 Å². The van der Waals surface area contributed by atoms with E-state index >= 15 is 0 Å². The normalized spacial score (nSPS) is 37.4. The van der Waals surface area contributed by atoms with Gasteiger partial charge >= 0.3 is 0 Å². The van der Waals surface area contributed by atoms with Crippen molar-refractivity contribution in [3.05, 3.63) is 0 Å². The van der Waals surface area contributed by atoms with Crippen molar-refractivity contribution in [3.8, 4) is 0 Å². The number of nitrogens with one attached hydrogen (secondary N) is 1. The first-order chi connectivity index (χ1) is 8.93. The maximum absolute atomic E-state index is 3.74. The molecule has 0 radical (unpaired) electrons. The van der Waals surface area contributed by atoms with E-state index < -0.39 is 0 Å². The molecule has 0 aromatic heterocycles. The zero-order chi connectivity index (χ0) is 14.0. The summed E-state index contributed by atoms with van der Waals surface area (Å²) in [6.45, 7) is 14.3. The van der Waals surface area contributed by atoms with Crippen LogP contribution >= 0.6 is 0 Å². The number of hydrogen-bond acceptors (Lipinski definition) is 3. The van der Waals surface area contributed by atoms with Gasteiger partial charge in [0.2, 0.25) is 0 Å². The van der Waals surface area contributed by atoms with Crippen molar-refractivity contribution in [1.82, 2.24) is 15.1 Å². The minimum Gasteiger partial charge on any atom is -0.313 e. The van der Waals surface area contributed by atoms with E-state index in [0.717, 1.165) is 12.6 Å². The highest BCUT2D eigenvalue weighted by Crippen LogP contribution is 2.38. The van der Waals surface area contributed by atoms with Gasteiger partial charge in [-0.05, 0) is 45.2 Å². The molecule has 1 aliphatic carbocycles. The molecule has 1 saturated carbocycles. The summed E-state index contributed by atoms with van der Waals surface area (Å²) < 4.78 is 0. The molecule has 19 heavy (non-hydrogen) atoms.